The summed E-state index contributed by atoms with van der Waals surface area (Å²) in [7, 11) is 0. The molecule has 6 heteroatoms. The largest absolute Gasteiger partial charge is 0.427 e. The summed E-state index contributed by atoms with van der Waals surface area (Å²) in [5, 5.41) is 2.04. The van der Waals surface area contributed by atoms with E-state index in [9.17, 15) is 4.79 Å². The van der Waals surface area contributed by atoms with Crippen LogP contribution in [0.2, 0.25) is 0 Å². The molecule has 3 aliphatic heterocycles. The predicted molar refractivity (Wildman–Crippen MR) is 79.5 cm³/mol. The van der Waals surface area contributed by atoms with Crippen molar-refractivity contribution in [1.82, 2.24) is 15.3 Å². The van der Waals surface area contributed by atoms with Crippen molar-refractivity contribution in [2.75, 3.05) is 26.2 Å². The first kappa shape index (κ1) is 13.9. The Morgan fingerprint density at radius 1 is 1.15 bits per heavy atom. The summed E-state index contributed by atoms with van der Waals surface area (Å²) in [6, 6.07) is 7.67. The molecule has 0 spiro atoms. The summed E-state index contributed by atoms with van der Waals surface area (Å²) in [6.07, 6.45) is 1.81. The van der Waals surface area contributed by atoms with Gasteiger partial charge in [-0.1, -0.05) is 15.9 Å². The van der Waals surface area contributed by atoms with Crippen molar-refractivity contribution in [3.8, 4) is 5.75 Å². The molecule has 3 saturated heterocycles. The minimum Gasteiger partial charge on any atom is -0.409 e. The highest BCUT2D eigenvalue weighted by Gasteiger charge is 2.30. The number of piperidine rings is 1. The molecular weight excluding hydrogens is 322 g/mol. The Morgan fingerprint density at radius 2 is 1.85 bits per heavy atom. The second-order valence-electron chi connectivity index (χ2n) is 5.22. The fourth-order valence-electron chi connectivity index (χ4n) is 2.78. The number of carbonyl (C=O) groups excluding carboxylic acids is 1. The zero-order chi connectivity index (χ0) is 13.9. The maximum Gasteiger partial charge on any atom is 0.427 e. The van der Waals surface area contributed by atoms with E-state index in [0.29, 0.717) is 11.8 Å². The first-order valence-electron chi connectivity index (χ1n) is 6.94. The molecule has 1 aromatic carbocycles. The van der Waals surface area contributed by atoms with E-state index in [2.05, 4.69) is 26.3 Å². The van der Waals surface area contributed by atoms with Crippen LogP contribution in [0.15, 0.2) is 28.7 Å². The molecule has 3 heterocycles. The van der Waals surface area contributed by atoms with Crippen LogP contribution >= 0.6 is 15.9 Å². The zero-order valence-corrected chi connectivity index (χ0v) is 12.8. The van der Waals surface area contributed by atoms with Gasteiger partial charge in [-0.05, 0) is 50.2 Å². The SMILES string of the molecule is O=C(NN1CCN2CCC1CC2)Oc1ccc(Br)cc1. The van der Waals surface area contributed by atoms with Gasteiger partial charge in [-0.2, -0.15) is 0 Å². The number of amides is 1. The molecule has 108 valence electrons. The van der Waals surface area contributed by atoms with Crippen molar-refractivity contribution in [1.29, 1.82) is 0 Å². The highest BCUT2D eigenvalue weighted by molar-refractivity contribution is 9.10. The van der Waals surface area contributed by atoms with E-state index in [4.69, 9.17) is 4.74 Å². The molecular formula is C14H18BrN3O2. The van der Waals surface area contributed by atoms with Crippen molar-refractivity contribution in [2.24, 2.45) is 0 Å². The highest BCUT2D eigenvalue weighted by atomic mass is 79.9. The minimum atomic E-state index is -0.410. The van der Waals surface area contributed by atoms with Crippen molar-refractivity contribution in [3.63, 3.8) is 0 Å². The lowest BCUT2D eigenvalue weighted by Gasteiger charge is -2.30. The molecule has 4 rings (SSSR count). The van der Waals surface area contributed by atoms with Gasteiger partial charge in [0.15, 0.2) is 0 Å². The standard InChI is InChI=1S/C14H18BrN3O2/c15-11-1-3-13(4-2-11)20-14(19)16-18-10-9-17-7-5-12(18)6-8-17/h1-4,12H,5-10H2,(H,16,19). The number of hydrazine groups is 1. The van der Waals surface area contributed by atoms with Crippen LogP contribution in [-0.4, -0.2) is 48.2 Å². The molecule has 0 aromatic heterocycles. The van der Waals surface area contributed by atoms with Gasteiger partial charge in [0, 0.05) is 23.6 Å². The second kappa shape index (κ2) is 6.11. The van der Waals surface area contributed by atoms with Crippen LogP contribution in [0.5, 0.6) is 5.75 Å². The van der Waals surface area contributed by atoms with Gasteiger partial charge in [0.05, 0.1) is 0 Å². The molecule has 0 radical (unpaired) electrons. The lowest BCUT2D eigenvalue weighted by Crippen LogP contribution is -2.50. The van der Waals surface area contributed by atoms with Crippen LogP contribution in [-0.2, 0) is 0 Å². The number of rotatable bonds is 2. The van der Waals surface area contributed by atoms with Gasteiger partial charge in [-0.3, -0.25) is 5.43 Å². The quantitative estimate of drug-likeness (QED) is 0.897. The lowest BCUT2D eigenvalue weighted by molar-refractivity contribution is 0.110. The zero-order valence-electron chi connectivity index (χ0n) is 11.2. The topological polar surface area (TPSA) is 44.8 Å². The van der Waals surface area contributed by atoms with Crippen molar-refractivity contribution in [2.45, 2.75) is 18.9 Å². The normalized spacial score (nSPS) is 26.1. The lowest BCUT2D eigenvalue weighted by atomic mass is 10.1. The van der Waals surface area contributed by atoms with Gasteiger partial charge in [0.25, 0.3) is 0 Å². The number of hydrogen-bond acceptors (Lipinski definition) is 4. The third kappa shape index (κ3) is 3.31. The van der Waals surface area contributed by atoms with Gasteiger partial charge < -0.3 is 9.64 Å². The number of benzene rings is 1. The van der Waals surface area contributed by atoms with Crippen LogP contribution in [0.25, 0.3) is 0 Å². The monoisotopic (exact) mass is 339 g/mol. The Balaban J connectivity index is 1.57. The number of ether oxygens (including phenoxy) is 1. The molecule has 2 bridgehead atoms. The maximum absolute atomic E-state index is 12.0. The molecule has 20 heavy (non-hydrogen) atoms. The van der Waals surface area contributed by atoms with E-state index in [1.54, 1.807) is 12.1 Å². The van der Waals surface area contributed by atoms with Crippen LogP contribution in [0.3, 0.4) is 0 Å². The maximum atomic E-state index is 12.0. The number of nitrogens with zero attached hydrogens (tertiary/aromatic N) is 2. The Bertz CT molecular complexity index is 472. The number of hydrogen-bond donors (Lipinski definition) is 1. The predicted octanol–water partition coefficient (Wildman–Crippen LogP) is 2.23. The molecule has 0 atom stereocenters. The van der Waals surface area contributed by atoms with Gasteiger partial charge >= 0.3 is 6.09 Å². The average molecular weight is 340 g/mol. The Morgan fingerprint density at radius 3 is 2.55 bits per heavy atom. The molecule has 3 aliphatic rings. The molecule has 3 fully saturated rings. The summed E-state index contributed by atoms with van der Waals surface area (Å²) in [4.78, 5) is 14.4. The smallest absolute Gasteiger partial charge is 0.409 e. The highest BCUT2D eigenvalue weighted by Crippen LogP contribution is 2.20. The minimum absolute atomic E-state index is 0.410. The van der Waals surface area contributed by atoms with E-state index in [0.717, 1.165) is 43.5 Å². The Labute approximate surface area is 127 Å². The molecule has 1 aromatic rings. The third-order valence-electron chi connectivity index (χ3n) is 3.91. The van der Waals surface area contributed by atoms with Crippen molar-refractivity contribution < 1.29 is 9.53 Å². The number of nitrogens with one attached hydrogen (secondary N) is 1. The van der Waals surface area contributed by atoms with E-state index < -0.39 is 6.09 Å². The summed E-state index contributed by atoms with van der Waals surface area (Å²) in [5.41, 5.74) is 2.88. The Hall–Kier alpha value is -1.11. The molecule has 0 aliphatic carbocycles. The summed E-state index contributed by atoms with van der Waals surface area (Å²) in [6.45, 7) is 4.13. The molecule has 0 unspecified atom stereocenters. The van der Waals surface area contributed by atoms with Crippen LogP contribution in [0.1, 0.15) is 12.8 Å². The Kier molecular flexibility index (Phi) is 4.24. The number of carbonyl (C=O) groups is 1. The molecule has 5 nitrogen and oxygen atoms in total. The number of halogens is 1. The van der Waals surface area contributed by atoms with E-state index in [1.807, 2.05) is 17.1 Å². The van der Waals surface area contributed by atoms with E-state index in [-0.39, 0.29) is 0 Å². The van der Waals surface area contributed by atoms with Crippen LogP contribution in [0.4, 0.5) is 4.79 Å². The van der Waals surface area contributed by atoms with Gasteiger partial charge in [-0.15, -0.1) is 0 Å². The average Bonchev–Trinajstić information content (AvgIpc) is 2.75. The van der Waals surface area contributed by atoms with Crippen molar-refractivity contribution in [3.05, 3.63) is 28.7 Å². The first-order valence-corrected chi connectivity index (χ1v) is 7.73. The first-order chi connectivity index (χ1) is 9.70. The van der Waals surface area contributed by atoms with E-state index in [1.165, 1.54) is 0 Å². The fourth-order valence-corrected chi connectivity index (χ4v) is 3.05. The summed E-state index contributed by atoms with van der Waals surface area (Å²) < 4.78 is 6.26. The second-order valence-corrected chi connectivity index (χ2v) is 6.14. The fraction of sp³-hybridized carbons (Fsp3) is 0.500. The van der Waals surface area contributed by atoms with Crippen LogP contribution < -0.4 is 10.2 Å². The van der Waals surface area contributed by atoms with Crippen LogP contribution in [0, 0.1) is 0 Å². The third-order valence-corrected chi connectivity index (χ3v) is 4.44. The molecule has 0 saturated carbocycles. The molecule has 1 amide bonds. The van der Waals surface area contributed by atoms with Gasteiger partial charge in [0.2, 0.25) is 0 Å². The van der Waals surface area contributed by atoms with Crippen molar-refractivity contribution >= 4 is 22.0 Å². The number of fused-ring (bicyclic) bond motifs is 4. The van der Waals surface area contributed by atoms with Gasteiger partial charge in [0.1, 0.15) is 5.75 Å². The molecule has 1 N–H and O–H groups in total. The summed E-state index contributed by atoms with van der Waals surface area (Å²) >= 11 is 3.35. The summed E-state index contributed by atoms with van der Waals surface area (Å²) in [5.74, 6) is 0.550. The van der Waals surface area contributed by atoms with E-state index >= 15 is 0 Å². The van der Waals surface area contributed by atoms with Gasteiger partial charge in [-0.25, -0.2) is 9.80 Å².